The van der Waals surface area contributed by atoms with Crippen LogP contribution in [0.5, 0.6) is 0 Å². The summed E-state index contributed by atoms with van der Waals surface area (Å²) < 4.78 is 2.17. The third-order valence-electron chi connectivity index (χ3n) is 4.49. The number of nitro groups is 1. The van der Waals surface area contributed by atoms with Crippen molar-refractivity contribution < 1.29 is 10.0 Å². The molecule has 1 atom stereocenters. The number of imidazole rings is 1. The molecule has 134 valence electrons. The number of hydrogen-bond donors (Lipinski definition) is 1. The molecule has 0 aliphatic carbocycles. The number of nitro benzene ring substituents is 1. The number of hydrogen-bond acceptors (Lipinski definition) is 6. The van der Waals surface area contributed by atoms with Crippen molar-refractivity contribution >= 4 is 17.4 Å². The van der Waals surface area contributed by atoms with Gasteiger partial charge in [0.25, 0.3) is 5.69 Å². The first-order chi connectivity index (χ1) is 12.0. The lowest BCUT2D eigenvalue weighted by molar-refractivity contribution is -0.384. The van der Waals surface area contributed by atoms with Crippen molar-refractivity contribution in [1.82, 2.24) is 14.5 Å². The van der Waals surface area contributed by atoms with Gasteiger partial charge in [-0.05, 0) is 23.4 Å². The van der Waals surface area contributed by atoms with E-state index in [0.29, 0.717) is 12.1 Å². The van der Waals surface area contributed by atoms with E-state index in [4.69, 9.17) is 4.98 Å². The first-order valence-corrected chi connectivity index (χ1v) is 9.30. The molecule has 0 saturated heterocycles. The molecule has 0 amide bonds. The number of nitrogens with zero attached hydrogens (tertiary/aromatic N) is 4. The van der Waals surface area contributed by atoms with Gasteiger partial charge in [0.05, 0.1) is 16.7 Å². The molecule has 0 fully saturated rings. The van der Waals surface area contributed by atoms with Crippen molar-refractivity contribution in [3.05, 3.63) is 51.3 Å². The molecule has 1 aliphatic heterocycles. The van der Waals surface area contributed by atoms with Crippen LogP contribution in [0.15, 0.2) is 29.4 Å². The summed E-state index contributed by atoms with van der Waals surface area (Å²) in [7, 11) is 2.06. The molecular formula is C17H22N4O3S. The molecule has 1 aliphatic rings. The molecule has 0 bridgehead atoms. The molecule has 1 unspecified atom stereocenters. The summed E-state index contributed by atoms with van der Waals surface area (Å²) in [4.78, 5) is 17.2. The lowest BCUT2D eigenvalue weighted by atomic mass is 10.1. The van der Waals surface area contributed by atoms with Gasteiger partial charge < -0.3 is 9.67 Å². The highest BCUT2D eigenvalue weighted by Crippen LogP contribution is 2.26. The van der Waals surface area contributed by atoms with Gasteiger partial charge in [-0.15, -0.1) is 0 Å². The zero-order chi connectivity index (χ0) is 18.0. The minimum atomic E-state index is -0.671. The Morgan fingerprint density at radius 2 is 2.12 bits per heavy atom. The quantitative estimate of drug-likeness (QED) is 0.483. The van der Waals surface area contributed by atoms with E-state index < -0.39 is 11.0 Å². The molecule has 7 nitrogen and oxygen atoms in total. The largest absolute Gasteiger partial charge is 0.387 e. The topological polar surface area (TPSA) is 84.4 Å². The first-order valence-electron chi connectivity index (χ1n) is 8.31. The Hall–Kier alpha value is -1.90. The number of fused-ring (bicyclic) bond motifs is 1. The van der Waals surface area contributed by atoms with Crippen LogP contribution in [0.25, 0.3) is 0 Å². The van der Waals surface area contributed by atoms with Gasteiger partial charge >= 0.3 is 0 Å². The molecule has 0 saturated carbocycles. The molecule has 0 spiro atoms. The van der Waals surface area contributed by atoms with Crippen molar-refractivity contribution in [3.8, 4) is 0 Å². The van der Waals surface area contributed by atoms with E-state index in [-0.39, 0.29) is 5.69 Å². The van der Waals surface area contributed by atoms with Crippen LogP contribution in [0, 0.1) is 10.1 Å². The van der Waals surface area contributed by atoms with Crippen molar-refractivity contribution in [2.24, 2.45) is 7.05 Å². The van der Waals surface area contributed by atoms with Gasteiger partial charge in [0.1, 0.15) is 0 Å². The Balaban J connectivity index is 1.66. The summed E-state index contributed by atoms with van der Waals surface area (Å²) >= 11 is 1.74. The third-order valence-corrected chi connectivity index (χ3v) is 5.40. The van der Waals surface area contributed by atoms with Crippen molar-refractivity contribution in [2.75, 3.05) is 18.8 Å². The van der Waals surface area contributed by atoms with Crippen molar-refractivity contribution in [2.45, 2.75) is 31.1 Å². The third kappa shape index (κ3) is 3.86. The zero-order valence-electron chi connectivity index (χ0n) is 14.4. The Morgan fingerprint density at radius 3 is 2.76 bits per heavy atom. The molecule has 0 radical (unpaired) electrons. The highest BCUT2D eigenvalue weighted by molar-refractivity contribution is 7.99. The van der Waals surface area contributed by atoms with Gasteiger partial charge in [-0.3, -0.25) is 15.0 Å². The van der Waals surface area contributed by atoms with Crippen molar-refractivity contribution in [3.63, 3.8) is 0 Å². The second kappa shape index (κ2) is 7.55. The van der Waals surface area contributed by atoms with Crippen LogP contribution < -0.4 is 0 Å². The van der Waals surface area contributed by atoms with E-state index in [1.807, 2.05) is 0 Å². The Morgan fingerprint density at radius 1 is 1.40 bits per heavy atom. The fraction of sp³-hybridized carbons (Fsp3) is 0.471. The number of aromatic nitrogens is 2. The number of aliphatic hydroxyl groups is 1. The Kier molecular flexibility index (Phi) is 5.41. The van der Waals surface area contributed by atoms with E-state index in [2.05, 4.69) is 23.4 Å². The molecule has 25 heavy (non-hydrogen) atoms. The van der Waals surface area contributed by atoms with Gasteiger partial charge in [0.2, 0.25) is 0 Å². The number of thioether (sulfide) groups is 1. The van der Waals surface area contributed by atoms with Crippen LogP contribution in [-0.4, -0.2) is 43.3 Å². The van der Waals surface area contributed by atoms with Crippen LogP contribution in [0.3, 0.4) is 0 Å². The van der Waals surface area contributed by atoms with Gasteiger partial charge in [-0.2, -0.15) is 0 Å². The number of aliphatic hydroxyl groups excluding tert-OH is 1. The number of β-amino-alcohol motifs (C(OH)–C–C–N with tert-alkyl or cyclic N) is 1. The molecule has 3 rings (SSSR count). The highest BCUT2D eigenvalue weighted by atomic mass is 32.2. The van der Waals surface area contributed by atoms with E-state index in [0.717, 1.165) is 36.1 Å². The summed E-state index contributed by atoms with van der Waals surface area (Å²) in [6, 6.07) is 6.10. The number of non-ortho nitro benzene ring substituents is 1. The monoisotopic (exact) mass is 362 g/mol. The van der Waals surface area contributed by atoms with E-state index in [1.54, 1.807) is 23.9 Å². The van der Waals surface area contributed by atoms with Gasteiger partial charge in [-0.1, -0.05) is 18.7 Å². The smallest absolute Gasteiger partial charge is 0.269 e. The highest BCUT2D eigenvalue weighted by Gasteiger charge is 2.24. The maximum absolute atomic E-state index is 10.7. The number of benzene rings is 1. The number of rotatable bonds is 6. The predicted octanol–water partition coefficient (Wildman–Crippen LogP) is 2.53. The molecule has 1 N–H and O–H groups in total. The van der Waals surface area contributed by atoms with E-state index >= 15 is 0 Å². The fourth-order valence-electron chi connectivity index (χ4n) is 3.14. The van der Waals surface area contributed by atoms with Crippen LogP contribution >= 0.6 is 11.8 Å². The predicted molar refractivity (Wildman–Crippen MR) is 96.6 cm³/mol. The van der Waals surface area contributed by atoms with Crippen LogP contribution in [0.1, 0.15) is 30.0 Å². The normalized spacial score (nSPS) is 15.8. The lowest BCUT2D eigenvalue weighted by Gasteiger charge is -2.28. The van der Waals surface area contributed by atoms with Gasteiger partial charge in [-0.25, -0.2) is 4.98 Å². The molecule has 2 heterocycles. The van der Waals surface area contributed by atoms with Crippen molar-refractivity contribution in [1.29, 1.82) is 0 Å². The summed E-state index contributed by atoms with van der Waals surface area (Å²) in [5.41, 5.74) is 3.09. The summed E-state index contributed by atoms with van der Waals surface area (Å²) in [5.74, 6) is 0.992. The minimum absolute atomic E-state index is 0.0352. The lowest BCUT2D eigenvalue weighted by Crippen LogP contribution is -2.34. The van der Waals surface area contributed by atoms with Crippen LogP contribution in [0.2, 0.25) is 0 Å². The summed E-state index contributed by atoms with van der Waals surface area (Å²) in [6.45, 7) is 4.19. The van der Waals surface area contributed by atoms with Crippen LogP contribution in [-0.2, 0) is 20.0 Å². The molecule has 8 heteroatoms. The van der Waals surface area contributed by atoms with E-state index in [1.165, 1.54) is 17.8 Å². The summed E-state index contributed by atoms with van der Waals surface area (Å²) in [6.07, 6.45) is 0.242. The maximum Gasteiger partial charge on any atom is 0.269 e. The minimum Gasteiger partial charge on any atom is -0.387 e. The first kappa shape index (κ1) is 17.9. The standard InChI is InChI=1S/C17H22N4O3S/c1-3-25-17-18-14-10-20(9-8-15(14)19(17)2)11-16(22)12-4-6-13(7-5-12)21(23)24/h4-7,16,22H,3,8-11H2,1-2H3. The van der Waals surface area contributed by atoms with E-state index in [9.17, 15) is 15.2 Å². The van der Waals surface area contributed by atoms with Gasteiger partial charge in [0.15, 0.2) is 5.16 Å². The average Bonchev–Trinajstić information content (AvgIpc) is 2.91. The molecular weight excluding hydrogens is 340 g/mol. The molecule has 1 aromatic heterocycles. The fourth-order valence-corrected chi connectivity index (χ4v) is 3.88. The average molecular weight is 362 g/mol. The zero-order valence-corrected chi connectivity index (χ0v) is 15.2. The Bertz CT molecular complexity index is 760. The molecule has 2 aromatic rings. The second-order valence-corrected chi connectivity index (χ2v) is 7.36. The summed E-state index contributed by atoms with van der Waals surface area (Å²) in [5, 5.41) is 22.2. The maximum atomic E-state index is 10.7. The van der Waals surface area contributed by atoms with Crippen LogP contribution in [0.4, 0.5) is 5.69 Å². The SMILES string of the molecule is CCSc1nc2c(n1C)CCN(CC(O)c1ccc([N+](=O)[O-])cc1)C2. The Labute approximate surface area is 150 Å². The second-order valence-electron chi connectivity index (χ2n) is 6.13. The van der Waals surface area contributed by atoms with Gasteiger partial charge in [0, 0.05) is 50.9 Å². The molecule has 1 aromatic carbocycles.